The Morgan fingerprint density at radius 1 is 0.967 bits per heavy atom. The van der Waals surface area contributed by atoms with Crippen LogP contribution in [-0.2, 0) is 13.0 Å². The van der Waals surface area contributed by atoms with Crippen molar-refractivity contribution in [3.05, 3.63) is 78.1 Å². The first-order valence-electron chi connectivity index (χ1n) is 9.99. The minimum atomic E-state index is 0.745. The van der Waals surface area contributed by atoms with Crippen LogP contribution in [0.2, 0.25) is 0 Å². The number of likely N-dealkylation sites (N-methyl/N-ethyl adjacent to an activating group) is 1. The van der Waals surface area contributed by atoms with Gasteiger partial charge in [0, 0.05) is 42.4 Å². The van der Waals surface area contributed by atoms with Gasteiger partial charge in [-0.2, -0.15) is 0 Å². The van der Waals surface area contributed by atoms with E-state index < -0.39 is 0 Å². The average Bonchev–Trinajstić information content (AvgIpc) is 3.22. The van der Waals surface area contributed by atoms with Crippen molar-refractivity contribution in [2.45, 2.75) is 13.0 Å². The molecule has 0 radical (unpaired) electrons. The Morgan fingerprint density at radius 2 is 1.87 bits per heavy atom. The molecule has 2 aromatic heterocycles. The molecule has 0 N–H and O–H groups in total. The van der Waals surface area contributed by atoms with E-state index in [4.69, 9.17) is 13.9 Å². The predicted octanol–water partition coefficient (Wildman–Crippen LogP) is 5.19. The summed E-state index contributed by atoms with van der Waals surface area (Å²) in [7, 11) is 5.46. The van der Waals surface area contributed by atoms with Crippen molar-refractivity contribution in [3.63, 3.8) is 0 Å². The molecule has 0 spiro atoms. The number of hydrogen-bond donors (Lipinski definition) is 0. The first-order valence-corrected chi connectivity index (χ1v) is 9.99. The van der Waals surface area contributed by atoms with Gasteiger partial charge < -0.3 is 18.8 Å². The average molecular weight is 402 g/mol. The molecule has 0 saturated carbocycles. The molecule has 0 unspecified atom stereocenters. The Labute approximate surface area is 176 Å². The topological polar surface area (TPSA) is 47.7 Å². The third-order valence-corrected chi connectivity index (χ3v) is 5.14. The van der Waals surface area contributed by atoms with Crippen LogP contribution in [-0.4, -0.2) is 37.7 Å². The van der Waals surface area contributed by atoms with Crippen molar-refractivity contribution in [1.29, 1.82) is 0 Å². The van der Waals surface area contributed by atoms with Gasteiger partial charge in [-0.1, -0.05) is 18.2 Å². The predicted molar refractivity (Wildman–Crippen MR) is 119 cm³/mol. The second-order valence-electron chi connectivity index (χ2n) is 7.37. The number of methoxy groups -OCH3 is 2. The standard InChI is InChI=1S/C25H26N2O3/c1-27(12-10-21-8-4-5-11-26-21)17-18-13-20-16-23(30-25(20)24(14-18)29-3)19-7-6-9-22(15-19)28-2/h4-9,11,13-16H,10,12,17H2,1-3H3. The fraction of sp³-hybridized carbons (Fsp3) is 0.240. The van der Waals surface area contributed by atoms with E-state index in [2.05, 4.69) is 41.2 Å². The van der Waals surface area contributed by atoms with Gasteiger partial charge in [-0.05, 0) is 55.1 Å². The third-order valence-electron chi connectivity index (χ3n) is 5.14. The zero-order valence-electron chi connectivity index (χ0n) is 17.6. The van der Waals surface area contributed by atoms with E-state index in [-0.39, 0.29) is 0 Å². The molecule has 0 saturated heterocycles. The molecule has 4 rings (SSSR count). The normalized spacial score (nSPS) is 11.2. The number of pyridine rings is 1. The number of aromatic nitrogens is 1. The van der Waals surface area contributed by atoms with E-state index in [1.807, 2.05) is 42.6 Å². The zero-order valence-corrected chi connectivity index (χ0v) is 17.6. The number of furan rings is 1. The fourth-order valence-corrected chi connectivity index (χ4v) is 3.58. The smallest absolute Gasteiger partial charge is 0.176 e. The second-order valence-corrected chi connectivity index (χ2v) is 7.37. The van der Waals surface area contributed by atoms with Crippen molar-refractivity contribution in [2.24, 2.45) is 0 Å². The van der Waals surface area contributed by atoms with Gasteiger partial charge in [0.1, 0.15) is 11.5 Å². The van der Waals surface area contributed by atoms with Gasteiger partial charge in [-0.15, -0.1) is 0 Å². The monoisotopic (exact) mass is 402 g/mol. The van der Waals surface area contributed by atoms with Crippen molar-refractivity contribution in [1.82, 2.24) is 9.88 Å². The maximum Gasteiger partial charge on any atom is 0.176 e. The highest BCUT2D eigenvalue weighted by Crippen LogP contribution is 2.35. The van der Waals surface area contributed by atoms with Gasteiger partial charge in [0.05, 0.1) is 14.2 Å². The molecule has 30 heavy (non-hydrogen) atoms. The quantitative estimate of drug-likeness (QED) is 0.406. The second kappa shape index (κ2) is 9.01. The lowest BCUT2D eigenvalue weighted by Crippen LogP contribution is -2.21. The van der Waals surface area contributed by atoms with E-state index >= 15 is 0 Å². The van der Waals surface area contributed by atoms with Gasteiger partial charge >= 0.3 is 0 Å². The molecule has 0 aliphatic rings. The Kier molecular flexibility index (Phi) is 6.00. The highest BCUT2D eigenvalue weighted by molar-refractivity contribution is 5.88. The largest absolute Gasteiger partial charge is 0.497 e. The summed E-state index contributed by atoms with van der Waals surface area (Å²) < 4.78 is 17.1. The molecule has 0 amide bonds. The van der Waals surface area contributed by atoms with Crippen LogP contribution < -0.4 is 9.47 Å². The molecule has 0 aliphatic heterocycles. The van der Waals surface area contributed by atoms with Crippen LogP contribution in [0.1, 0.15) is 11.3 Å². The van der Waals surface area contributed by atoms with Crippen LogP contribution in [0, 0.1) is 0 Å². The zero-order chi connectivity index (χ0) is 20.9. The summed E-state index contributed by atoms with van der Waals surface area (Å²) in [4.78, 5) is 6.69. The van der Waals surface area contributed by atoms with Gasteiger partial charge in [0.2, 0.25) is 0 Å². The Balaban J connectivity index is 1.55. The van der Waals surface area contributed by atoms with E-state index in [1.54, 1.807) is 14.2 Å². The van der Waals surface area contributed by atoms with Crippen LogP contribution in [0.5, 0.6) is 11.5 Å². The summed E-state index contributed by atoms with van der Waals surface area (Å²) in [6, 6.07) is 20.2. The van der Waals surface area contributed by atoms with E-state index in [1.165, 1.54) is 5.56 Å². The Morgan fingerprint density at radius 3 is 2.63 bits per heavy atom. The summed E-state index contributed by atoms with van der Waals surface area (Å²) in [6.45, 7) is 1.75. The van der Waals surface area contributed by atoms with Crippen molar-refractivity contribution < 1.29 is 13.9 Å². The van der Waals surface area contributed by atoms with E-state index in [9.17, 15) is 0 Å². The SMILES string of the molecule is COc1cccc(-c2cc3cc(CN(C)CCc4ccccn4)cc(OC)c3o2)c1. The molecule has 0 fully saturated rings. The molecule has 2 aromatic carbocycles. The van der Waals surface area contributed by atoms with E-state index in [0.717, 1.165) is 59.0 Å². The van der Waals surface area contributed by atoms with Gasteiger partial charge in [0.15, 0.2) is 11.3 Å². The van der Waals surface area contributed by atoms with Crippen molar-refractivity contribution >= 4 is 11.0 Å². The lowest BCUT2D eigenvalue weighted by molar-refractivity contribution is 0.329. The fourth-order valence-electron chi connectivity index (χ4n) is 3.58. The third kappa shape index (κ3) is 4.47. The lowest BCUT2D eigenvalue weighted by atomic mass is 10.1. The van der Waals surface area contributed by atoms with Crippen LogP contribution >= 0.6 is 0 Å². The molecule has 0 bridgehead atoms. The lowest BCUT2D eigenvalue weighted by Gasteiger charge is -2.17. The Bertz CT molecular complexity index is 1120. The summed E-state index contributed by atoms with van der Waals surface area (Å²) in [5.74, 6) is 2.34. The van der Waals surface area contributed by atoms with Crippen molar-refractivity contribution in [3.8, 4) is 22.8 Å². The van der Waals surface area contributed by atoms with Crippen LogP contribution in [0.25, 0.3) is 22.3 Å². The number of nitrogens with zero attached hydrogens (tertiary/aromatic N) is 2. The highest BCUT2D eigenvalue weighted by Gasteiger charge is 2.14. The minimum absolute atomic E-state index is 0.745. The number of hydrogen-bond acceptors (Lipinski definition) is 5. The first-order chi connectivity index (χ1) is 14.7. The van der Waals surface area contributed by atoms with E-state index in [0.29, 0.717) is 0 Å². The van der Waals surface area contributed by atoms with Crippen molar-refractivity contribution in [2.75, 3.05) is 27.8 Å². The maximum atomic E-state index is 6.14. The summed E-state index contributed by atoms with van der Waals surface area (Å²) >= 11 is 0. The molecule has 5 nitrogen and oxygen atoms in total. The maximum absolute atomic E-state index is 6.14. The number of benzene rings is 2. The van der Waals surface area contributed by atoms with Crippen LogP contribution in [0.15, 0.2) is 71.3 Å². The van der Waals surface area contributed by atoms with Gasteiger partial charge in [-0.25, -0.2) is 0 Å². The molecule has 4 aromatic rings. The summed E-state index contributed by atoms with van der Waals surface area (Å²) in [5.41, 5.74) is 4.02. The highest BCUT2D eigenvalue weighted by atomic mass is 16.5. The number of rotatable bonds is 8. The first kappa shape index (κ1) is 20.0. The Hall–Kier alpha value is -3.31. The molecule has 0 aliphatic carbocycles. The van der Waals surface area contributed by atoms with Crippen LogP contribution in [0.4, 0.5) is 0 Å². The van der Waals surface area contributed by atoms with Gasteiger partial charge in [0.25, 0.3) is 0 Å². The molecular weight excluding hydrogens is 376 g/mol. The number of fused-ring (bicyclic) bond motifs is 1. The molecular formula is C25H26N2O3. The molecule has 5 heteroatoms. The molecule has 2 heterocycles. The number of ether oxygens (including phenoxy) is 2. The van der Waals surface area contributed by atoms with Crippen LogP contribution in [0.3, 0.4) is 0 Å². The molecule has 0 atom stereocenters. The minimum Gasteiger partial charge on any atom is -0.497 e. The summed E-state index contributed by atoms with van der Waals surface area (Å²) in [6.07, 6.45) is 2.76. The van der Waals surface area contributed by atoms with Gasteiger partial charge in [-0.3, -0.25) is 4.98 Å². The molecule has 154 valence electrons. The summed E-state index contributed by atoms with van der Waals surface area (Å²) in [5, 5.41) is 1.03.